The average Bonchev–Trinajstić information content (AvgIpc) is 2.82. The molecule has 0 aliphatic heterocycles. The van der Waals surface area contributed by atoms with E-state index in [2.05, 4.69) is 5.32 Å². The molecule has 0 aromatic heterocycles. The van der Waals surface area contributed by atoms with Crippen molar-refractivity contribution in [1.29, 1.82) is 0 Å². The highest BCUT2D eigenvalue weighted by Crippen LogP contribution is 2.33. The topological polar surface area (TPSA) is 75.3 Å². The van der Waals surface area contributed by atoms with E-state index in [-0.39, 0.29) is 6.04 Å². The van der Waals surface area contributed by atoms with Crippen LogP contribution in [0.1, 0.15) is 19.3 Å². The average molecular weight is 172 g/mol. The standard InChI is InChI=1S/C8H16N2O2/c1-10-6(4-5-2-3-5)7(11)8(9)12/h5-7,10-11H,2-4H2,1H3,(H2,9,12). The fourth-order valence-corrected chi connectivity index (χ4v) is 1.32. The van der Waals surface area contributed by atoms with Crippen LogP contribution >= 0.6 is 0 Å². The summed E-state index contributed by atoms with van der Waals surface area (Å²) in [4.78, 5) is 10.6. The van der Waals surface area contributed by atoms with E-state index in [0.717, 1.165) is 6.42 Å². The van der Waals surface area contributed by atoms with Crippen molar-refractivity contribution in [2.24, 2.45) is 11.7 Å². The van der Waals surface area contributed by atoms with Gasteiger partial charge in [-0.05, 0) is 19.4 Å². The van der Waals surface area contributed by atoms with Crippen molar-refractivity contribution in [1.82, 2.24) is 5.32 Å². The Morgan fingerprint density at radius 2 is 2.33 bits per heavy atom. The third kappa shape index (κ3) is 2.46. The van der Waals surface area contributed by atoms with Crippen molar-refractivity contribution in [2.45, 2.75) is 31.4 Å². The van der Waals surface area contributed by atoms with Gasteiger partial charge in [0.2, 0.25) is 5.91 Å². The Morgan fingerprint density at radius 1 is 1.75 bits per heavy atom. The van der Waals surface area contributed by atoms with Gasteiger partial charge in [0.05, 0.1) is 0 Å². The number of rotatable bonds is 5. The molecule has 1 aliphatic rings. The maximum Gasteiger partial charge on any atom is 0.247 e. The molecule has 12 heavy (non-hydrogen) atoms. The maximum atomic E-state index is 10.6. The number of aliphatic hydroxyl groups is 1. The van der Waals surface area contributed by atoms with E-state index in [4.69, 9.17) is 5.73 Å². The van der Waals surface area contributed by atoms with Crippen LogP contribution in [0.2, 0.25) is 0 Å². The summed E-state index contributed by atoms with van der Waals surface area (Å²) < 4.78 is 0. The van der Waals surface area contributed by atoms with Crippen LogP contribution in [0.5, 0.6) is 0 Å². The molecule has 4 heteroatoms. The van der Waals surface area contributed by atoms with E-state index < -0.39 is 12.0 Å². The predicted molar refractivity (Wildman–Crippen MR) is 45.4 cm³/mol. The van der Waals surface area contributed by atoms with Crippen LogP contribution in [0, 0.1) is 5.92 Å². The zero-order chi connectivity index (χ0) is 9.14. The molecule has 70 valence electrons. The molecular weight excluding hydrogens is 156 g/mol. The second kappa shape index (κ2) is 3.87. The van der Waals surface area contributed by atoms with Crippen molar-refractivity contribution in [3.63, 3.8) is 0 Å². The van der Waals surface area contributed by atoms with Gasteiger partial charge in [-0.15, -0.1) is 0 Å². The molecule has 4 nitrogen and oxygen atoms in total. The molecule has 0 aromatic rings. The fourth-order valence-electron chi connectivity index (χ4n) is 1.32. The SMILES string of the molecule is CNC(CC1CC1)C(O)C(N)=O. The van der Waals surface area contributed by atoms with E-state index in [9.17, 15) is 9.90 Å². The number of carbonyl (C=O) groups is 1. The molecule has 1 amide bonds. The van der Waals surface area contributed by atoms with Crippen molar-refractivity contribution >= 4 is 5.91 Å². The molecule has 1 aliphatic carbocycles. The van der Waals surface area contributed by atoms with Gasteiger partial charge in [0, 0.05) is 6.04 Å². The van der Waals surface area contributed by atoms with Crippen LogP contribution in [-0.4, -0.2) is 30.2 Å². The molecule has 1 saturated carbocycles. The first-order valence-corrected chi connectivity index (χ1v) is 4.29. The molecule has 2 atom stereocenters. The largest absolute Gasteiger partial charge is 0.382 e. The van der Waals surface area contributed by atoms with Gasteiger partial charge in [-0.2, -0.15) is 0 Å². The number of carbonyl (C=O) groups excluding carboxylic acids is 1. The van der Waals surface area contributed by atoms with Gasteiger partial charge in [0.25, 0.3) is 0 Å². The Labute approximate surface area is 72.1 Å². The molecule has 0 aromatic carbocycles. The highest BCUT2D eigenvalue weighted by molar-refractivity contribution is 5.79. The number of nitrogens with two attached hydrogens (primary N) is 1. The number of hydrogen-bond donors (Lipinski definition) is 3. The molecule has 0 saturated heterocycles. The van der Waals surface area contributed by atoms with Gasteiger partial charge in [0.15, 0.2) is 0 Å². The van der Waals surface area contributed by atoms with Crippen molar-refractivity contribution in [3.8, 4) is 0 Å². The molecule has 1 rings (SSSR count). The van der Waals surface area contributed by atoms with Gasteiger partial charge < -0.3 is 16.2 Å². The summed E-state index contributed by atoms with van der Waals surface area (Å²) in [6.07, 6.45) is 2.23. The number of nitrogens with one attached hydrogen (secondary N) is 1. The van der Waals surface area contributed by atoms with Crippen LogP contribution < -0.4 is 11.1 Å². The molecule has 4 N–H and O–H groups in total. The van der Waals surface area contributed by atoms with Crippen LogP contribution in [-0.2, 0) is 4.79 Å². The minimum absolute atomic E-state index is 0.171. The highest BCUT2D eigenvalue weighted by atomic mass is 16.3. The molecule has 0 heterocycles. The summed E-state index contributed by atoms with van der Waals surface area (Å²) in [5.41, 5.74) is 4.98. The Balaban J connectivity index is 2.36. The monoisotopic (exact) mass is 172 g/mol. The predicted octanol–water partition coefficient (Wildman–Crippen LogP) is -0.779. The lowest BCUT2D eigenvalue weighted by atomic mass is 10.0. The Hall–Kier alpha value is -0.610. The molecule has 0 spiro atoms. The Bertz CT molecular complexity index is 168. The van der Waals surface area contributed by atoms with E-state index in [1.807, 2.05) is 0 Å². The zero-order valence-corrected chi connectivity index (χ0v) is 7.29. The molecule has 1 fully saturated rings. The van der Waals surface area contributed by atoms with Gasteiger partial charge in [-0.1, -0.05) is 12.8 Å². The fraction of sp³-hybridized carbons (Fsp3) is 0.875. The minimum atomic E-state index is -1.05. The van der Waals surface area contributed by atoms with Gasteiger partial charge in [-0.25, -0.2) is 0 Å². The Kier molecular flexibility index (Phi) is 3.05. The van der Waals surface area contributed by atoms with Crippen LogP contribution in [0.15, 0.2) is 0 Å². The van der Waals surface area contributed by atoms with Crippen molar-refractivity contribution in [2.75, 3.05) is 7.05 Å². The number of aliphatic hydroxyl groups excluding tert-OH is 1. The highest BCUT2D eigenvalue weighted by Gasteiger charge is 2.30. The second-order valence-corrected chi connectivity index (χ2v) is 3.42. The first kappa shape index (κ1) is 9.48. The summed E-state index contributed by atoms with van der Waals surface area (Å²) >= 11 is 0. The molecule has 2 unspecified atom stereocenters. The summed E-state index contributed by atoms with van der Waals surface area (Å²) in [7, 11) is 1.74. The lowest BCUT2D eigenvalue weighted by molar-refractivity contribution is -0.127. The summed E-state index contributed by atoms with van der Waals surface area (Å²) in [6.45, 7) is 0. The summed E-state index contributed by atoms with van der Waals surface area (Å²) in [6, 6.07) is -0.171. The summed E-state index contributed by atoms with van der Waals surface area (Å²) in [5.74, 6) is 0.0337. The molecule has 0 bridgehead atoms. The summed E-state index contributed by atoms with van der Waals surface area (Å²) in [5, 5.41) is 12.2. The lowest BCUT2D eigenvalue weighted by Gasteiger charge is -2.19. The third-order valence-corrected chi connectivity index (χ3v) is 2.33. The quantitative estimate of drug-likeness (QED) is 0.509. The smallest absolute Gasteiger partial charge is 0.247 e. The van der Waals surface area contributed by atoms with E-state index in [1.165, 1.54) is 12.8 Å². The van der Waals surface area contributed by atoms with Crippen molar-refractivity contribution in [3.05, 3.63) is 0 Å². The van der Waals surface area contributed by atoms with E-state index in [1.54, 1.807) is 7.05 Å². The van der Waals surface area contributed by atoms with Gasteiger partial charge in [0.1, 0.15) is 6.10 Å². The minimum Gasteiger partial charge on any atom is -0.382 e. The number of hydrogen-bond acceptors (Lipinski definition) is 3. The third-order valence-electron chi connectivity index (χ3n) is 2.33. The first-order chi connectivity index (χ1) is 5.65. The number of primary amides is 1. The van der Waals surface area contributed by atoms with Crippen LogP contribution in [0.4, 0.5) is 0 Å². The van der Waals surface area contributed by atoms with Crippen molar-refractivity contribution < 1.29 is 9.90 Å². The van der Waals surface area contributed by atoms with E-state index in [0.29, 0.717) is 5.92 Å². The maximum absolute atomic E-state index is 10.6. The van der Waals surface area contributed by atoms with Crippen LogP contribution in [0.25, 0.3) is 0 Å². The van der Waals surface area contributed by atoms with Crippen LogP contribution in [0.3, 0.4) is 0 Å². The van der Waals surface area contributed by atoms with E-state index >= 15 is 0 Å². The lowest BCUT2D eigenvalue weighted by Crippen LogP contribution is -2.45. The van der Waals surface area contributed by atoms with Gasteiger partial charge >= 0.3 is 0 Å². The second-order valence-electron chi connectivity index (χ2n) is 3.42. The van der Waals surface area contributed by atoms with Gasteiger partial charge in [-0.3, -0.25) is 4.79 Å². The number of likely N-dealkylation sites (N-methyl/N-ethyl adjacent to an activating group) is 1. The normalized spacial score (nSPS) is 21.8. The number of amides is 1. The zero-order valence-electron chi connectivity index (χ0n) is 7.29. The molecule has 0 radical (unpaired) electrons. The Morgan fingerprint density at radius 3 is 2.67 bits per heavy atom. The molecular formula is C8H16N2O2. The first-order valence-electron chi connectivity index (χ1n) is 4.29.